The largest absolute Gasteiger partial charge is 0.490 e. The monoisotopic (exact) mass is 364 g/mol. The third kappa shape index (κ3) is 3.93. The van der Waals surface area contributed by atoms with Crippen molar-refractivity contribution in [3.63, 3.8) is 0 Å². The highest BCUT2D eigenvalue weighted by Gasteiger charge is 2.34. The number of nitriles is 1. The Morgan fingerprint density at radius 3 is 2.30 bits per heavy atom. The number of fused-ring (bicyclic) bond motifs is 1. The van der Waals surface area contributed by atoms with Crippen molar-refractivity contribution in [1.29, 1.82) is 5.26 Å². The highest BCUT2D eigenvalue weighted by atomic mass is 16.5. The van der Waals surface area contributed by atoms with E-state index in [0.29, 0.717) is 60.8 Å². The van der Waals surface area contributed by atoms with Crippen LogP contribution in [0.2, 0.25) is 0 Å². The highest BCUT2D eigenvalue weighted by Crippen LogP contribution is 2.28. The Morgan fingerprint density at radius 2 is 1.67 bits per heavy atom. The van der Waals surface area contributed by atoms with Crippen LogP contribution in [0.15, 0.2) is 42.5 Å². The molecule has 0 fully saturated rings. The number of ether oxygens (including phenoxy) is 2. The topological polar surface area (TPSA) is 79.6 Å². The number of rotatable bonds is 8. The Morgan fingerprint density at radius 1 is 0.963 bits per heavy atom. The summed E-state index contributed by atoms with van der Waals surface area (Å²) in [6, 6.07) is 14.0. The summed E-state index contributed by atoms with van der Waals surface area (Å²) >= 11 is 0. The number of benzene rings is 2. The molecule has 0 aliphatic carbocycles. The number of carbonyl (C=O) groups is 2. The first-order valence-corrected chi connectivity index (χ1v) is 8.90. The molecule has 2 amide bonds. The van der Waals surface area contributed by atoms with Gasteiger partial charge in [0.1, 0.15) is 0 Å². The van der Waals surface area contributed by atoms with E-state index in [1.54, 1.807) is 42.5 Å². The molecule has 0 atom stereocenters. The molecule has 27 heavy (non-hydrogen) atoms. The Hall–Kier alpha value is -3.33. The van der Waals surface area contributed by atoms with Gasteiger partial charge in [0.25, 0.3) is 11.8 Å². The van der Waals surface area contributed by atoms with Gasteiger partial charge in [-0.2, -0.15) is 5.26 Å². The molecule has 0 N–H and O–H groups in total. The van der Waals surface area contributed by atoms with Crippen LogP contribution in [0.3, 0.4) is 0 Å². The Labute approximate surface area is 157 Å². The van der Waals surface area contributed by atoms with Crippen molar-refractivity contribution in [1.82, 2.24) is 4.90 Å². The molecule has 1 aliphatic rings. The molecule has 3 rings (SSSR count). The quantitative estimate of drug-likeness (QED) is 0.530. The summed E-state index contributed by atoms with van der Waals surface area (Å²) in [4.78, 5) is 25.9. The number of imide groups is 1. The number of amides is 2. The molecule has 2 aromatic carbocycles. The zero-order valence-corrected chi connectivity index (χ0v) is 15.1. The smallest absolute Gasteiger partial charge is 0.261 e. The van der Waals surface area contributed by atoms with Crippen LogP contribution in [0.4, 0.5) is 0 Å². The van der Waals surface area contributed by atoms with Crippen LogP contribution in [0.25, 0.3) is 0 Å². The summed E-state index contributed by atoms with van der Waals surface area (Å²) in [5.41, 5.74) is 1.45. The van der Waals surface area contributed by atoms with E-state index in [1.807, 2.05) is 6.92 Å². The van der Waals surface area contributed by atoms with E-state index in [-0.39, 0.29) is 11.8 Å². The van der Waals surface area contributed by atoms with Gasteiger partial charge >= 0.3 is 0 Å². The van der Waals surface area contributed by atoms with Gasteiger partial charge in [0.2, 0.25) is 0 Å². The lowest BCUT2D eigenvalue weighted by atomic mass is 10.1. The van der Waals surface area contributed by atoms with Crippen LogP contribution >= 0.6 is 0 Å². The molecule has 2 aromatic rings. The van der Waals surface area contributed by atoms with Gasteiger partial charge < -0.3 is 9.47 Å². The van der Waals surface area contributed by atoms with Gasteiger partial charge in [-0.05, 0) is 44.0 Å². The maximum atomic E-state index is 12.3. The minimum atomic E-state index is -0.234. The average molecular weight is 364 g/mol. The van der Waals surface area contributed by atoms with Gasteiger partial charge in [-0.25, -0.2) is 0 Å². The third-order valence-electron chi connectivity index (χ3n) is 4.28. The molecule has 0 unspecified atom stereocenters. The minimum Gasteiger partial charge on any atom is -0.490 e. The van der Waals surface area contributed by atoms with E-state index in [0.717, 1.165) is 0 Å². The normalized spacial score (nSPS) is 12.7. The van der Waals surface area contributed by atoms with E-state index in [4.69, 9.17) is 14.7 Å². The molecule has 0 aromatic heterocycles. The molecule has 1 aliphatic heterocycles. The lowest BCUT2D eigenvalue weighted by Gasteiger charge is -2.14. The molecule has 138 valence electrons. The first kappa shape index (κ1) is 18.5. The summed E-state index contributed by atoms with van der Waals surface area (Å²) < 4.78 is 11.3. The van der Waals surface area contributed by atoms with Crippen LogP contribution in [0.5, 0.6) is 11.5 Å². The van der Waals surface area contributed by atoms with Gasteiger partial charge in [-0.15, -0.1) is 0 Å². The fraction of sp³-hybridized carbons (Fsp3) is 0.286. The van der Waals surface area contributed by atoms with Crippen LogP contribution in [0.1, 0.15) is 46.0 Å². The first-order chi connectivity index (χ1) is 13.2. The molecule has 0 radical (unpaired) electrons. The average Bonchev–Trinajstić information content (AvgIpc) is 2.94. The number of hydrogen-bond acceptors (Lipinski definition) is 5. The summed E-state index contributed by atoms with van der Waals surface area (Å²) in [6.07, 6.45) is 1.32. The molecule has 0 saturated carbocycles. The lowest BCUT2D eigenvalue weighted by Crippen LogP contribution is -2.30. The number of carbonyl (C=O) groups excluding carboxylic acids is 2. The van der Waals surface area contributed by atoms with Gasteiger partial charge in [0.05, 0.1) is 36.0 Å². The zero-order valence-electron chi connectivity index (χ0n) is 15.1. The number of nitrogens with zero attached hydrogens (tertiary/aromatic N) is 2. The maximum Gasteiger partial charge on any atom is 0.261 e. The molecule has 6 nitrogen and oxygen atoms in total. The highest BCUT2D eigenvalue weighted by molar-refractivity contribution is 6.21. The van der Waals surface area contributed by atoms with E-state index < -0.39 is 0 Å². The molecule has 6 heteroatoms. The summed E-state index contributed by atoms with van der Waals surface area (Å²) in [5.74, 6) is 0.651. The molecular weight excluding hydrogens is 344 g/mol. The molecule has 0 saturated heterocycles. The predicted octanol–water partition coefficient (Wildman–Crippen LogP) is 3.41. The first-order valence-electron chi connectivity index (χ1n) is 8.90. The van der Waals surface area contributed by atoms with Crippen LogP contribution < -0.4 is 9.47 Å². The van der Waals surface area contributed by atoms with E-state index in [1.165, 1.54) is 4.90 Å². The van der Waals surface area contributed by atoms with Gasteiger partial charge in [0, 0.05) is 12.6 Å². The fourth-order valence-corrected chi connectivity index (χ4v) is 2.96. The summed E-state index contributed by atoms with van der Waals surface area (Å²) in [6.45, 7) is 3.13. The molecule has 0 bridgehead atoms. The zero-order chi connectivity index (χ0) is 19.2. The summed E-state index contributed by atoms with van der Waals surface area (Å²) in [7, 11) is 0. The minimum absolute atomic E-state index is 0.234. The second kappa shape index (κ2) is 8.37. The van der Waals surface area contributed by atoms with Crippen molar-refractivity contribution >= 4 is 11.8 Å². The Balaban J connectivity index is 1.50. The van der Waals surface area contributed by atoms with Crippen molar-refractivity contribution in [2.24, 2.45) is 0 Å². The lowest BCUT2D eigenvalue weighted by molar-refractivity contribution is 0.0649. The van der Waals surface area contributed by atoms with Crippen molar-refractivity contribution in [3.05, 3.63) is 59.2 Å². The standard InChI is InChI=1S/C21H20N2O4/c1-2-26-19-13-15(14-22)9-10-18(19)27-12-6-5-11-23-20(24)16-7-3-4-8-17(16)21(23)25/h3-4,7-10,13H,2,5-6,11-12H2,1H3. The third-order valence-corrected chi connectivity index (χ3v) is 4.28. The van der Waals surface area contributed by atoms with Gasteiger partial charge in [0.15, 0.2) is 11.5 Å². The Bertz CT molecular complexity index is 866. The van der Waals surface area contributed by atoms with E-state index in [2.05, 4.69) is 6.07 Å². The number of unbranched alkanes of at least 4 members (excludes halogenated alkanes) is 1. The van der Waals surface area contributed by atoms with Crippen molar-refractivity contribution in [3.8, 4) is 17.6 Å². The van der Waals surface area contributed by atoms with Crippen LogP contribution in [-0.2, 0) is 0 Å². The predicted molar refractivity (Wildman–Crippen MR) is 98.9 cm³/mol. The van der Waals surface area contributed by atoms with Crippen molar-refractivity contribution < 1.29 is 19.1 Å². The SMILES string of the molecule is CCOc1cc(C#N)ccc1OCCCCN1C(=O)c2ccccc2C1=O. The van der Waals surface area contributed by atoms with Crippen molar-refractivity contribution in [2.75, 3.05) is 19.8 Å². The van der Waals surface area contributed by atoms with Crippen LogP contribution in [-0.4, -0.2) is 36.5 Å². The van der Waals surface area contributed by atoms with Crippen LogP contribution in [0, 0.1) is 11.3 Å². The van der Waals surface area contributed by atoms with E-state index >= 15 is 0 Å². The molecule has 1 heterocycles. The van der Waals surface area contributed by atoms with Gasteiger partial charge in [-0.1, -0.05) is 12.1 Å². The fourth-order valence-electron chi connectivity index (χ4n) is 2.96. The Kier molecular flexibility index (Phi) is 5.72. The van der Waals surface area contributed by atoms with Crippen molar-refractivity contribution in [2.45, 2.75) is 19.8 Å². The second-order valence-electron chi connectivity index (χ2n) is 6.07. The molecule has 0 spiro atoms. The van der Waals surface area contributed by atoms with E-state index in [9.17, 15) is 9.59 Å². The van der Waals surface area contributed by atoms with Gasteiger partial charge in [-0.3, -0.25) is 14.5 Å². The molecular formula is C21H20N2O4. The number of hydrogen-bond donors (Lipinski definition) is 0. The second-order valence-corrected chi connectivity index (χ2v) is 6.07. The maximum absolute atomic E-state index is 12.3. The summed E-state index contributed by atoms with van der Waals surface area (Å²) in [5, 5.41) is 8.97.